The highest BCUT2D eigenvalue weighted by Crippen LogP contribution is 2.25. The summed E-state index contributed by atoms with van der Waals surface area (Å²) in [5.74, 6) is -1.25. The third-order valence-corrected chi connectivity index (χ3v) is 6.39. The molecule has 1 N–H and O–H groups in total. The van der Waals surface area contributed by atoms with Crippen LogP contribution in [-0.2, 0) is 10.0 Å². The monoisotopic (exact) mass is 380 g/mol. The van der Waals surface area contributed by atoms with E-state index in [-0.39, 0.29) is 15.5 Å². The van der Waals surface area contributed by atoms with Crippen LogP contribution in [0.15, 0.2) is 53.4 Å². The zero-order valence-electron chi connectivity index (χ0n) is 13.3. The second-order valence-electron chi connectivity index (χ2n) is 5.67. The van der Waals surface area contributed by atoms with Gasteiger partial charge in [0.25, 0.3) is 0 Å². The van der Waals surface area contributed by atoms with E-state index in [1.165, 1.54) is 16.4 Å². The highest BCUT2D eigenvalue weighted by Gasteiger charge is 2.29. The fourth-order valence-electron chi connectivity index (χ4n) is 2.80. The quantitative estimate of drug-likeness (QED) is 0.881. The molecule has 0 saturated carbocycles. The molecule has 132 valence electrons. The van der Waals surface area contributed by atoms with Crippen molar-refractivity contribution in [2.75, 3.05) is 31.1 Å². The first-order valence-corrected chi connectivity index (χ1v) is 9.54. The number of piperazine rings is 1. The van der Waals surface area contributed by atoms with Gasteiger partial charge in [-0.05, 0) is 30.3 Å². The van der Waals surface area contributed by atoms with E-state index in [1.807, 2.05) is 30.3 Å². The summed E-state index contributed by atoms with van der Waals surface area (Å²) in [5, 5.41) is 9.14. The van der Waals surface area contributed by atoms with Gasteiger partial charge in [0.15, 0.2) is 0 Å². The Hall–Kier alpha value is -2.09. The Morgan fingerprint density at radius 1 is 1.00 bits per heavy atom. The molecular formula is C17H17ClN2O4S. The Morgan fingerprint density at radius 3 is 2.24 bits per heavy atom. The van der Waals surface area contributed by atoms with Gasteiger partial charge in [0.1, 0.15) is 0 Å². The van der Waals surface area contributed by atoms with Gasteiger partial charge in [-0.1, -0.05) is 29.8 Å². The van der Waals surface area contributed by atoms with Gasteiger partial charge < -0.3 is 10.0 Å². The fourth-order valence-corrected chi connectivity index (χ4v) is 4.45. The highest BCUT2D eigenvalue weighted by molar-refractivity contribution is 7.89. The number of rotatable bonds is 4. The molecule has 0 bridgehead atoms. The summed E-state index contributed by atoms with van der Waals surface area (Å²) in [7, 11) is -3.76. The number of carboxylic acid groups (broad SMARTS) is 1. The van der Waals surface area contributed by atoms with Gasteiger partial charge in [-0.3, -0.25) is 0 Å². The van der Waals surface area contributed by atoms with Crippen LogP contribution in [0.4, 0.5) is 5.69 Å². The minimum Gasteiger partial charge on any atom is -0.478 e. The number of hydrogen-bond acceptors (Lipinski definition) is 4. The summed E-state index contributed by atoms with van der Waals surface area (Å²) in [5.41, 5.74) is 0.838. The first kappa shape index (κ1) is 17.7. The van der Waals surface area contributed by atoms with Crippen molar-refractivity contribution in [3.8, 4) is 0 Å². The maximum atomic E-state index is 12.8. The predicted octanol–water partition coefficient (Wildman–Crippen LogP) is 2.55. The zero-order valence-corrected chi connectivity index (χ0v) is 14.9. The zero-order chi connectivity index (χ0) is 18.0. The van der Waals surface area contributed by atoms with Crippen LogP contribution in [-0.4, -0.2) is 50.0 Å². The number of benzene rings is 2. The van der Waals surface area contributed by atoms with Crippen LogP contribution >= 0.6 is 11.6 Å². The van der Waals surface area contributed by atoms with Crippen molar-refractivity contribution in [1.82, 2.24) is 4.31 Å². The molecule has 1 fully saturated rings. The standard InChI is InChI=1S/C17H17ClN2O4S/c18-16-7-6-14(12-15(16)17(21)22)25(23,24)20-10-8-19(9-11-20)13-4-2-1-3-5-13/h1-7,12H,8-11H2,(H,21,22). The van der Waals surface area contributed by atoms with Crippen LogP contribution in [0, 0.1) is 0 Å². The lowest BCUT2D eigenvalue weighted by molar-refractivity contribution is 0.0697. The smallest absolute Gasteiger partial charge is 0.337 e. The van der Waals surface area contributed by atoms with Crippen molar-refractivity contribution in [2.24, 2.45) is 0 Å². The summed E-state index contributed by atoms with van der Waals surface area (Å²) < 4.78 is 27.0. The highest BCUT2D eigenvalue weighted by atomic mass is 35.5. The molecule has 0 radical (unpaired) electrons. The average molecular weight is 381 g/mol. The molecule has 1 saturated heterocycles. The van der Waals surface area contributed by atoms with Gasteiger partial charge in [-0.25, -0.2) is 13.2 Å². The number of sulfonamides is 1. The molecule has 3 rings (SSSR count). The van der Waals surface area contributed by atoms with Crippen molar-refractivity contribution in [1.29, 1.82) is 0 Å². The first-order chi connectivity index (χ1) is 11.9. The number of anilines is 1. The van der Waals surface area contributed by atoms with E-state index in [2.05, 4.69) is 4.90 Å². The van der Waals surface area contributed by atoms with Crippen LogP contribution in [0.2, 0.25) is 5.02 Å². The third kappa shape index (κ3) is 3.63. The number of nitrogens with zero attached hydrogens (tertiary/aromatic N) is 2. The van der Waals surface area contributed by atoms with E-state index in [4.69, 9.17) is 16.7 Å². The van der Waals surface area contributed by atoms with E-state index in [0.717, 1.165) is 11.8 Å². The molecule has 1 heterocycles. The molecule has 0 aliphatic carbocycles. The van der Waals surface area contributed by atoms with Gasteiger partial charge in [-0.15, -0.1) is 0 Å². The predicted molar refractivity (Wildman–Crippen MR) is 95.8 cm³/mol. The summed E-state index contributed by atoms with van der Waals surface area (Å²) in [6, 6.07) is 13.6. The molecule has 1 aliphatic rings. The Morgan fingerprint density at radius 2 is 1.64 bits per heavy atom. The fraction of sp³-hybridized carbons (Fsp3) is 0.235. The molecule has 2 aromatic rings. The lowest BCUT2D eigenvalue weighted by Gasteiger charge is -2.35. The second kappa shape index (κ2) is 7.03. The van der Waals surface area contributed by atoms with Crippen molar-refractivity contribution in [3.05, 3.63) is 59.1 Å². The van der Waals surface area contributed by atoms with Crippen molar-refractivity contribution >= 4 is 33.3 Å². The van der Waals surface area contributed by atoms with Gasteiger partial charge in [0.05, 0.1) is 15.5 Å². The summed E-state index contributed by atoms with van der Waals surface area (Å²) in [6.45, 7) is 1.82. The van der Waals surface area contributed by atoms with Crippen molar-refractivity contribution < 1.29 is 18.3 Å². The minimum absolute atomic E-state index is 0.0142. The number of halogens is 1. The largest absolute Gasteiger partial charge is 0.478 e. The second-order valence-corrected chi connectivity index (χ2v) is 8.02. The molecule has 8 heteroatoms. The maximum Gasteiger partial charge on any atom is 0.337 e. The molecule has 0 unspecified atom stereocenters. The Balaban J connectivity index is 1.78. The number of carbonyl (C=O) groups is 1. The molecule has 0 spiro atoms. The summed E-state index contributed by atoms with van der Waals surface area (Å²) >= 11 is 5.82. The number of carboxylic acids is 1. The molecule has 6 nitrogen and oxygen atoms in total. The van der Waals surface area contributed by atoms with Crippen LogP contribution in [0.25, 0.3) is 0 Å². The van der Waals surface area contributed by atoms with Crippen LogP contribution < -0.4 is 4.90 Å². The lowest BCUT2D eigenvalue weighted by atomic mass is 10.2. The molecule has 0 atom stereocenters. The number of aromatic carboxylic acids is 1. The SMILES string of the molecule is O=C(O)c1cc(S(=O)(=O)N2CCN(c3ccccc3)CC2)ccc1Cl. The molecule has 2 aromatic carbocycles. The van der Waals surface area contributed by atoms with Gasteiger partial charge >= 0.3 is 5.97 Å². The van der Waals surface area contributed by atoms with Gasteiger partial charge in [-0.2, -0.15) is 4.31 Å². The average Bonchev–Trinajstić information content (AvgIpc) is 2.62. The molecule has 25 heavy (non-hydrogen) atoms. The van der Waals surface area contributed by atoms with E-state index >= 15 is 0 Å². The number of hydrogen-bond donors (Lipinski definition) is 1. The van der Waals surface area contributed by atoms with E-state index in [9.17, 15) is 13.2 Å². The molecular weight excluding hydrogens is 364 g/mol. The van der Waals surface area contributed by atoms with E-state index < -0.39 is 16.0 Å². The Kier molecular flexibility index (Phi) is 4.99. The normalized spacial score (nSPS) is 16.0. The van der Waals surface area contributed by atoms with Crippen molar-refractivity contribution in [3.63, 3.8) is 0 Å². The Labute approximate surface area is 151 Å². The molecule has 0 aromatic heterocycles. The van der Waals surface area contributed by atoms with Crippen LogP contribution in [0.1, 0.15) is 10.4 Å². The molecule has 1 aliphatic heterocycles. The van der Waals surface area contributed by atoms with E-state index in [0.29, 0.717) is 26.2 Å². The van der Waals surface area contributed by atoms with E-state index in [1.54, 1.807) is 0 Å². The van der Waals surface area contributed by atoms with Crippen LogP contribution in [0.3, 0.4) is 0 Å². The number of para-hydroxylation sites is 1. The maximum absolute atomic E-state index is 12.8. The third-order valence-electron chi connectivity index (χ3n) is 4.17. The van der Waals surface area contributed by atoms with Crippen molar-refractivity contribution in [2.45, 2.75) is 4.90 Å². The lowest BCUT2D eigenvalue weighted by Crippen LogP contribution is -2.48. The molecule has 0 amide bonds. The summed E-state index contributed by atoms with van der Waals surface area (Å²) in [4.78, 5) is 13.2. The minimum atomic E-state index is -3.76. The topological polar surface area (TPSA) is 77.9 Å². The van der Waals surface area contributed by atoms with Crippen LogP contribution in [0.5, 0.6) is 0 Å². The summed E-state index contributed by atoms with van der Waals surface area (Å²) in [6.07, 6.45) is 0. The van der Waals surface area contributed by atoms with Gasteiger partial charge in [0.2, 0.25) is 10.0 Å². The Bertz CT molecular complexity index is 879. The van der Waals surface area contributed by atoms with Gasteiger partial charge in [0, 0.05) is 31.9 Å². The first-order valence-electron chi connectivity index (χ1n) is 7.72.